The number of anilines is 1. The summed E-state index contributed by atoms with van der Waals surface area (Å²) >= 11 is 1.62. The fourth-order valence-electron chi connectivity index (χ4n) is 3.55. The van der Waals surface area contributed by atoms with Crippen molar-refractivity contribution < 1.29 is 4.79 Å². The summed E-state index contributed by atoms with van der Waals surface area (Å²) in [5, 5.41) is 8.96. The minimum Gasteiger partial charge on any atom is -0.324 e. The standard InChI is InChI=1S/C20H24N6OS/c1-3-25(4-2)9-10-26-15-6-5-14(23-17(27)11-21)20-18(15)19(24-26)13-7-8-22-12-16(13)28-20/h5-8,12H,3-4,9-11,21H2,1-2H3,(H,23,27). The molecule has 1 amide bonds. The van der Waals surface area contributed by atoms with Crippen molar-refractivity contribution in [2.24, 2.45) is 5.73 Å². The summed E-state index contributed by atoms with van der Waals surface area (Å²) in [6, 6.07) is 5.99. The van der Waals surface area contributed by atoms with Crippen LogP contribution in [-0.4, -0.2) is 51.8 Å². The number of likely N-dealkylation sites (N-methyl/N-ethyl adjacent to an activating group) is 1. The summed E-state index contributed by atoms with van der Waals surface area (Å²) < 4.78 is 2.08. The molecule has 1 aliphatic rings. The van der Waals surface area contributed by atoms with E-state index in [9.17, 15) is 4.79 Å². The van der Waals surface area contributed by atoms with Crippen LogP contribution in [0.4, 0.5) is 5.69 Å². The maximum absolute atomic E-state index is 11.9. The van der Waals surface area contributed by atoms with Gasteiger partial charge in [-0.05, 0) is 31.3 Å². The molecule has 3 N–H and O–H groups in total. The molecule has 4 rings (SSSR count). The van der Waals surface area contributed by atoms with E-state index in [2.05, 4.69) is 33.7 Å². The molecule has 0 unspecified atom stereocenters. The maximum atomic E-state index is 11.9. The highest BCUT2D eigenvalue weighted by Crippen LogP contribution is 2.50. The fraction of sp³-hybridized carbons (Fsp3) is 0.350. The van der Waals surface area contributed by atoms with Gasteiger partial charge in [0.2, 0.25) is 5.91 Å². The molecule has 0 atom stereocenters. The van der Waals surface area contributed by atoms with Crippen LogP contribution < -0.4 is 11.1 Å². The van der Waals surface area contributed by atoms with Crippen molar-refractivity contribution in [2.75, 3.05) is 31.5 Å². The molecule has 0 bridgehead atoms. The highest BCUT2D eigenvalue weighted by Gasteiger charge is 2.26. The molecule has 0 radical (unpaired) electrons. The van der Waals surface area contributed by atoms with Crippen molar-refractivity contribution >= 4 is 34.3 Å². The first-order valence-corrected chi connectivity index (χ1v) is 10.4. The highest BCUT2D eigenvalue weighted by molar-refractivity contribution is 8.00. The molecule has 8 heteroatoms. The molecule has 0 aliphatic carbocycles. The van der Waals surface area contributed by atoms with Gasteiger partial charge in [0.1, 0.15) is 5.69 Å². The lowest BCUT2D eigenvalue weighted by Crippen LogP contribution is -2.27. The molecule has 3 aromatic rings. The maximum Gasteiger partial charge on any atom is 0.238 e. The number of aromatic nitrogens is 3. The third-order valence-corrected chi connectivity index (χ3v) is 6.28. The van der Waals surface area contributed by atoms with Crippen LogP contribution >= 0.6 is 11.8 Å². The number of amides is 1. The number of rotatable bonds is 7. The third kappa shape index (κ3) is 3.28. The Morgan fingerprint density at radius 3 is 2.86 bits per heavy atom. The largest absolute Gasteiger partial charge is 0.324 e. The minimum absolute atomic E-state index is 0.0454. The molecule has 2 aromatic heterocycles. The SMILES string of the molecule is CCN(CC)CCn1nc2c3c(c(NC(=O)CN)ccc31)Sc1cnccc1-2. The van der Waals surface area contributed by atoms with Crippen molar-refractivity contribution in [2.45, 2.75) is 30.2 Å². The number of nitrogens with one attached hydrogen (secondary N) is 1. The van der Waals surface area contributed by atoms with Gasteiger partial charge < -0.3 is 16.0 Å². The Morgan fingerprint density at radius 1 is 1.29 bits per heavy atom. The summed E-state index contributed by atoms with van der Waals surface area (Å²) in [5.41, 5.74) is 9.38. The van der Waals surface area contributed by atoms with Gasteiger partial charge in [0.05, 0.1) is 24.3 Å². The molecule has 0 saturated heterocycles. The fourth-order valence-corrected chi connectivity index (χ4v) is 4.69. The van der Waals surface area contributed by atoms with E-state index >= 15 is 0 Å². The second-order valence-electron chi connectivity index (χ2n) is 6.66. The first-order valence-electron chi connectivity index (χ1n) is 9.54. The number of benzene rings is 1. The Balaban J connectivity index is 1.83. The average molecular weight is 397 g/mol. The lowest BCUT2D eigenvalue weighted by Gasteiger charge is -2.18. The lowest BCUT2D eigenvalue weighted by atomic mass is 10.1. The van der Waals surface area contributed by atoms with Crippen molar-refractivity contribution in [1.82, 2.24) is 19.7 Å². The van der Waals surface area contributed by atoms with Gasteiger partial charge in [-0.15, -0.1) is 0 Å². The number of carbonyl (C=O) groups is 1. The molecule has 3 heterocycles. The van der Waals surface area contributed by atoms with Crippen LogP contribution in [0.1, 0.15) is 13.8 Å². The van der Waals surface area contributed by atoms with E-state index < -0.39 is 0 Å². The van der Waals surface area contributed by atoms with Gasteiger partial charge >= 0.3 is 0 Å². The second kappa shape index (κ2) is 7.90. The number of hydrogen-bond donors (Lipinski definition) is 2. The van der Waals surface area contributed by atoms with Crippen LogP contribution in [-0.2, 0) is 11.3 Å². The topological polar surface area (TPSA) is 89.1 Å². The molecule has 1 aliphatic heterocycles. The molecule has 28 heavy (non-hydrogen) atoms. The first-order chi connectivity index (χ1) is 13.7. The predicted molar refractivity (Wildman–Crippen MR) is 113 cm³/mol. The van der Waals surface area contributed by atoms with Crippen LogP contribution in [0, 0.1) is 0 Å². The second-order valence-corrected chi connectivity index (χ2v) is 7.71. The Morgan fingerprint density at radius 2 is 2.11 bits per heavy atom. The molecule has 0 spiro atoms. The smallest absolute Gasteiger partial charge is 0.238 e. The Bertz CT molecular complexity index is 1030. The number of fused-ring (bicyclic) bond motifs is 2. The molecular weight excluding hydrogens is 372 g/mol. The van der Waals surface area contributed by atoms with Crippen molar-refractivity contribution in [1.29, 1.82) is 0 Å². The summed E-state index contributed by atoms with van der Waals surface area (Å²) in [5.74, 6) is -0.205. The molecule has 7 nitrogen and oxygen atoms in total. The minimum atomic E-state index is -0.205. The third-order valence-electron chi connectivity index (χ3n) is 5.10. The number of nitrogens with two attached hydrogens (primary N) is 1. The van der Waals surface area contributed by atoms with E-state index in [0.29, 0.717) is 0 Å². The molecule has 0 fully saturated rings. The Labute approximate surface area is 168 Å². The highest BCUT2D eigenvalue weighted by atomic mass is 32.2. The normalized spacial score (nSPS) is 12.4. The summed E-state index contributed by atoms with van der Waals surface area (Å²) in [6.45, 7) is 8.11. The molecular formula is C20H24N6OS. The van der Waals surface area contributed by atoms with E-state index in [0.717, 1.165) is 63.8 Å². The van der Waals surface area contributed by atoms with Gasteiger partial charge in [-0.25, -0.2) is 0 Å². The van der Waals surface area contributed by atoms with E-state index in [1.165, 1.54) is 0 Å². The number of nitrogens with zero attached hydrogens (tertiary/aromatic N) is 4. The van der Waals surface area contributed by atoms with Crippen LogP contribution in [0.3, 0.4) is 0 Å². The zero-order valence-corrected chi connectivity index (χ0v) is 16.9. The number of pyridine rings is 1. The number of hydrogen-bond acceptors (Lipinski definition) is 6. The average Bonchev–Trinajstić information content (AvgIpc) is 3.10. The van der Waals surface area contributed by atoms with E-state index in [-0.39, 0.29) is 12.5 Å². The molecule has 146 valence electrons. The van der Waals surface area contributed by atoms with E-state index in [1.807, 2.05) is 24.4 Å². The van der Waals surface area contributed by atoms with Crippen LogP contribution in [0.15, 0.2) is 40.4 Å². The monoisotopic (exact) mass is 396 g/mol. The van der Waals surface area contributed by atoms with Crippen molar-refractivity contribution in [3.8, 4) is 11.3 Å². The summed E-state index contributed by atoms with van der Waals surface area (Å²) in [6.07, 6.45) is 3.65. The molecule has 1 aromatic carbocycles. The van der Waals surface area contributed by atoms with Gasteiger partial charge in [-0.1, -0.05) is 25.6 Å². The van der Waals surface area contributed by atoms with Gasteiger partial charge in [0, 0.05) is 39.7 Å². The summed E-state index contributed by atoms with van der Waals surface area (Å²) in [7, 11) is 0. The predicted octanol–water partition coefficient (Wildman–Crippen LogP) is 2.80. The van der Waals surface area contributed by atoms with E-state index in [1.54, 1.807) is 18.0 Å². The van der Waals surface area contributed by atoms with Crippen molar-refractivity contribution in [3.05, 3.63) is 30.6 Å². The Hall–Kier alpha value is -2.42. The van der Waals surface area contributed by atoms with Crippen LogP contribution in [0.25, 0.3) is 22.2 Å². The van der Waals surface area contributed by atoms with E-state index in [4.69, 9.17) is 10.8 Å². The Kier molecular flexibility index (Phi) is 5.34. The zero-order valence-electron chi connectivity index (χ0n) is 16.1. The van der Waals surface area contributed by atoms with Gasteiger partial charge in [-0.2, -0.15) is 5.10 Å². The number of carbonyl (C=O) groups excluding carboxylic acids is 1. The summed E-state index contributed by atoms with van der Waals surface area (Å²) in [4.78, 5) is 20.6. The quantitative estimate of drug-likeness (QED) is 0.499. The zero-order chi connectivity index (χ0) is 19.7. The van der Waals surface area contributed by atoms with Crippen molar-refractivity contribution in [3.63, 3.8) is 0 Å². The van der Waals surface area contributed by atoms with Crippen LogP contribution in [0.5, 0.6) is 0 Å². The van der Waals surface area contributed by atoms with Crippen LogP contribution in [0.2, 0.25) is 0 Å². The van der Waals surface area contributed by atoms with Gasteiger partial charge in [0.15, 0.2) is 0 Å². The van der Waals surface area contributed by atoms with Gasteiger partial charge in [0.25, 0.3) is 0 Å². The molecule has 0 saturated carbocycles. The van der Waals surface area contributed by atoms with Gasteiger partial charge in [-0.3, -0.25) is 14.5 Å². The first kappa shape index (κ1) is 18.9. The lowest BCUT2D eigenvalue weighted by molar-refractivity contribution is -0.114.